The molecule has 96 valence electrons. The van der Waals surface area contributed by atoms with Crippen LogP contribution in [0.1, 0.15) is 11.4 Å². The number of imidazole rings is 1. The Bertz CT molecular complexity index is 710. The average Bonchev–Trinajstić information content (AvgIpc) is 3.02. The van der Waals surface area contributed by atoms with E-state index in [1.54, 1.807) is 11.3 Å². The lowest BCUT2D eigenvalue weighted by molar-refractivity contribution is 0.682. The lowest BCUT2D eigenvalue weighted by atomic mass is 10.1. The van der Waals surface area contributed by atoms with Crippen LogP contribution in [-0.4, -0.2) is 21.1 Å². The molecule has 0 spiro atoms. The average molecular weight is 270 g/mol. The van der Waals surface area contributed by atoms with Gasteiger partial charge in [0, 0.05) is 25.7 Å². The summed E-state index contributed by atoms with van der Waals surface area (Å²) in [6.45, 7) is 1.89. The Kier molecular flexibility index (Phi) is 2.35. The second-order valence-electron chi connectivity index (χ2n) is 4.88. The summed E-state index contributed by atoms with van der Waals surface area (Å²) in [5.74, 6) is 0. The van der Waals surface area contributed by atoms with E-state index >= 15 is 0 Å². The number of hydrogen-bond donors (Lipinski definition) is 0. The first-order chi connectivity index (χ1) is 9.31. The van der Waals surface area contributed by atoms with E-state index in [4.69, 9.17) is 4.98 Å². The van der Waals surface area contributed by atoms with E-state index in [-0.39, 0.29) is 0 Å². The highest BCUT2D eigenvalue weighted by Crippen LogP contribution is 2.31. The van der Waals surface area contributed by atoms with Crippen LogP contribution >= 0.6 is 11.3 Å². The van der Waals surface area contributed by atoms with Gasteiger partial charge in [-0.2, -0.15) is 0 Å². The maximum atomic E-state index is 4.73. The lowest BCUT2D eigenvalue weighted by Gasteiger charge is -2.26. The van der Waals surface area contributed by atoms with Crippen LogP contribution < -0.4 is 4.90 Å². The van der Waals surface area contributed by atoms with E-state index in [1.807, 2.05) is 12.4 Å². The number of benzene rings is 1. The minimum atomic E-state index is 0.871. The van der Waals surface area contributed by atoms with Crippen molar-refractivity contribution in [3.8, 4) is 0 Å². The summed E-state index contributed by atoms with van der Waals surface area (Å²) in [6, 6.07) is 8.31. The molecule has 4 nitrogen and oxygen atoms in total. The number of aromatic nitrogens is 3. The molecule has 0 amide bonds. The van der Waals surface area contributed by atoms with Crippen LogP contribution in [0.15, 0.2) is 30.6 Å². The van der Waals surface area contributed by atoms with Gasteiger partial charge in [0.05, 0.1) is 28.8 Å². The van der Waals surface area contributed by atoms with Gasteiger partial charge in [-0.15, -0.1) is 0 Å². The van der Waals surface area contributed by atoms with Gasteiger partial charge in [0.15, 0.2) is 5.13 Å². The summed E-state index contributed by atoms with van der Waals surface area (Å²) < 4.78 is 3.38. The number of para-hydroxylation sites is 1. The van der Waals surface area contributed by atoms with Crippen molar-refractivity contribution >= 4 is 26.7 Å². The Morgan fingerprint density at radius 1 is 1.26 bits per heavy atom. The number of nitrogens with zero attached hydrogens (tertiary/aromatic N) is 4. The molecule has 3 heterocycles. The van der Waals surface area contributed by atoms with Gasteiger partial charge in [-0.25, -0.2) is 9.97 Å². The Labute approximate surface area is 115 Å². The highest BCUT2D eigenvalue weighted by molar-refractivity contribution is 7.22. The Hall–Kier alpha value is -1.88. The van der Waals surface area contributed by atoms with Gasteiger partial charge in [-0.3, -0.25) is 0 Å². The molecule has 0 fully saturated rings. The second-order valence-corrected chi connectivity index (χ2v) is 5.89. The quantitative estimate of drug-likeness (QED) is 0.681. The molecule has 1 aromatic carbocycles. The fourth-order valence-electron chi connectivity index (χ4n) is 2.62. The summed E-state index contributed by atoms with van der Waals surface area (Å²) in [5.41, 5.74) is 3.64. The zero-order chi connectivity index (χ0) is 12.8. The summed E-state index contributed by atoms with van der Waals surface area (Å²) in [6.07, 6.45) is 2.95. The molecular weight excluding hydrogens is 256 g/mol. The van der Waals surface area contributed by atoms with E-state index < -0.39 is 0 Å². The highest BCUT2D eigenvalue weighted by atomic mass is 32.1. The van der Waals surface area contributed by atoms with Crippen molar-refractivity contribution in [3.05, 3.63) is 42.0 Å². The molecule has 2 aromatic heterocycles. The van der Waals surface area contributed by atoms with Gasteiger partial charge in [-0.05, 0) is 12.1 Å². The summed E-state index contributed by atoms with van der Waals surface area (Å²) in [7, 11) is 2.07. The molecule has 0 N–H and O–H groups in total. The molecule has 19 heavy (non-hydrogen) atoms. The van der Waals surface area contributed by atoms with Gasteiger partial charge >= 0.3 is 0 Å². The minimum absolute atomic E-state index is 0.871. The van der Waals surface area contributed by atoms with Crippen molar-refractivity contribution < 1.29 is 0 Å². The molecule has 3 aromatic rings. The first-order valence-electron chi connectivity index (χ1n) is 6.41. The minimum Gasteiger partial charge on any atom is -0.342 e. The van der Waals surface area contributed by atoms with E-state index in [9.17, 15) is 0 Å². The van der Waals surface area contributed by atoms with Crippen LogP contribution in [0.4, 0.5) is 5.13 Å². The monoisotopic (exact) mass is 270 g/mol. The van der Waals surface area contributed by atoms with Crippen LogP contribution in [0.5, 0.6) is 0 Å². The Morgan fingerprint density at radius 2 is 2.16 bits per heavy atom. The summed E-state index contributed by atoms with van der Waals surface area (Å²) >= 11 is 1.77. The third-order valence-electron chi connectivity index (χ3n) is 3.66. The predicted octanol–water partition coefficient (Wildman–Crippen LogP) is 2.59. The third kappa shape index (κ3) is 1.73. The smallest absolute Gasteiger partial charge is 0.186 e. The van der Waals surface area contributed by atoms with Gasteiger partial charge in [0.2, 0.25) is 0 Å². The van der Waals surface area contributed by atoms with Gasteiger partial charge in [0.1, 0.15) is 0 Å². The van der Waals surface area contributed by atoms with Gasteiger partial charge in [-0.1, -0.05) is 23.5 Å². The lowest BCUT2D eigenvalue weighted by Crippen LogP contribution is -2.30. The summed E-state index contributed by atoms with van der Waals surface area (Å²) in [4.78, 5) is 11.5. The molecule has 0 bridgehead atoms. The molecule has 0 radical (unpaired) electrons. The fraction of sp³-hybridized carbons (Fsp3) is 0.286. The maximum absolute atomic E-state index is 4.73. The maximum Gasteiger partial charge on any atom is 0.186 e. The van der Waals surface area contributed by atoms with Crippen LogP contribution in [-0.2, 0) is 20.0 Å². The number of hydrogen-bond acceptors (Lipinski definition) is 4. The van der Waals surface area contributed by atoms with Crippen LogP contribution in [0, 0.1) is 0 Å². The molecule has 0 saturated carbocycles. The normalized spacial score (nSPS) is 14.9. The van der Waals surface area contributed by atoms with E-state index in [1.165, 1.54) is 16.1 Å². The third-order valence-corrected chi connectivity index (χ3v) is 4.76. The van der Waals surface area contributed by atoms with Gasteiger partial charge < -0.3 is 9.47 Å². The molecule has 0 aliphatic carbocycles. The summed E-state index contributed by atoms with van der Waals surface area (Å²) in [5, 5.41) is 1.11. The molecule has 4 rings (SSSR count). The predicted molar refractivity (Wildman–Crippen MR) is 77.6 cm³/mol. The topological polar surface area (TPSA) is 34.0 Å². The second kappa shape index (κ2) is 4.06. The first kappa shape index (κ1) is 11.0. The number of anilines is 1. The van der Waals surface area contributed by atoms with Crippen molar-refractivity contribution in [2.45, 2.75) is 13.0 Å². The SMILES string of the molecule is Cn1cnc2c1CCN(c1nc3ccccc3s1)C2. The van der Waals surface area contributed by atoms with Crippen molar-refractivity contribution in [1.82, 2.24) is 14.5 Å². The molecule has 1 aliphatic rings. The molecule has 0 atom stereocenters. The van der Waals surface area contributed by atoms with Crippen LogP contribution in [0.3, 0.4) is 0 Å². The number of fused-ring (bicyclic) bond motifs is 2. The zero-order valence-electron chi connectivity index (χ0n) is 10.7. The standard InChI is InChI=1S/C14H14N4S/c1-17-9-15-11-8-18(7-6-12(11)17)14-16-10-4-2-3-5-13(10)19-14/h2-5,9H,6-8H2,1H3. The van der Waals surface area contributed by atoms with Crippen molar-refractivity contribution in [3.63, 3.8) is 0 Å². The highest BCUT2D eigenvalue weighted by Gasteiger charge is 2.22. The largest absolute Gasteiger partial charge is 0.342 e. The molecule has 5 heteroatoms. The number of rotatable bonds is 1. The van der Waals surface area contributed by atoms with E-state index in [0.29, 0.717) is 0 Å². The fourth-order valence-corrected chi connectivity index (χ4v) is 3.61. The van der Waals surface area contributed by atoms with Gasteiger partial charge in [0.25, 0.3) is 0 Å². The molecular formula is C14H14N4S. The van der Waals surface area contributed by atoms with Crippen LogP contribution in [0.2, 0.25) is 0 Å². The Morgan fingerprint density at radius 3 is 3.05 bits per heavy atom. The van der Waals surface area contributed by atoms with Crippen molar-refractivity contribution in [2.24, 2.45) is 7.05 Å². The van der Waals surface area contributed by atoms with Crippen molar-refractivity contribution in [1.29, 1.82) is 0 Å². The first-order valence-corrected chi connectivity index (χ1v) is 7.22. The molecule has 0 unspecified atom stereocenters. The number of thiazole rings is 1. The van der Waals surface area contributed by atoms with E-state index in [2.05, 4.69) is 39.7 Å². The van der Waals surface area contributed by atoms with E-state index in [0.717, 1.165) is 30.2 Å². The Balaban J connectivity index is 1.70. The number of aryl methyl sites for hydroxylation is 1. The zero-order valence-corrected chi connectivity index (χ0v) is 11.5. The molecule has 1 aliphatic heterocycles. The van der Waals surface area contributed by atoms with Crippen LogP contribution in [0.25, 0.3) is 10.2 Å². The molecule has 0 saturated heterocycles. The van der Waals surface area contributed by atoms with Crippen molar-refractivity contribution in [2.75, 3.05) is 11.4 Å².